The van der Waals surface area contributed by atoms with E-state index in [1.54, 1.807) is 6.92 Å². The predicted molar refractivity (Wildman–Crippen MR) is 140 cm³/mol. The first-order valence-electron chi connectivity index (χ1n) is 12.1. The monoisotopic (exact) mass is 492 g/mol. The minimum absolute atomic E-state index is 0.0608. The zero-order valence-electron chi connectivity index (χ0n) is 23.3. The SMILES string of the molecule is CC(C)C[C@](C)(CN)CC(=O)O.[C-]#[N+][C@](C)(CC#N)CC(C)C.[C-]#[N+][C@](C)(CC(=O)O)CC(C)C. The van der Waals surface area contributed by atoms with Crippen LogP contribution in [0.15, 0.2) is 0 Å². The first-order valence-corrected chi connectivity index (χ1v) is 12.1. The number of carboxylic acid groups (broad SMARTS) is 2. The fraction of sp³-hybridized carbons (Fsp3) is 0.815. The summed E-state index contributed by atoms with van der Waals surface area (Å²) in [5, 5.41) is 25.6. The second-order valence-electron chi connectivity index (χ2n) is 11.5. The third kappa shape index (κ3) is 21.6. The van der Waals surface area contributed by atoms with Crippen LogP contribution >= 0.6 is 0 Å². The van der Waals surface area contributed by atoms with Gasteiger partial charge in [0.2, 0.25) is 11.1 Å². The van der Waals surface area contributed by atoms with Gasteiger partial charge in [-0.05, 0) is 36.1 Å². The Balaban J connectivity index is -0.000000439. The van der Waals surface area contributed by atoms with Crippen LogP contribution in [0.5, 0.6) is 0 Å². The molecule has 0 amide bonds. The second kappa shape index (κ2) is 17.8. The Labute approximate surface area is 213 Å². The van der Waals surface area contributed by atoms with Crippen LogP contribution in [0.25, 0.3) is 9.69 Å². The van der Waals surface area contributed by atoms with Gasteiger partial charge in [0.1, 0.15) is 12.8 Å². The Kier molecular flexibility index (Phi) is 18.7. The summed E-state index contributed by atoms with van der Waals surface area (Å²) in [5.74, 6) is -0.304. The van der Waals surface area contributed by atoms with Gasteiger partial charge >= 0.3 is 11.9 Å². The smallest absolute Gasteiger partial charge is 0.311 e. The molecular formula is C27H48N4O4. The molecule has 0 aliphatic carbocycles. The molecule has 8 heteroatoms. The van der Waals surface area contributed by atoms with E-state index in [0.717, 1.165) is 12.8 Å². The third-order valence-electron chi connectivity index (χ3n) is 5.20. The molecule has 0 radical (unpaired) electrons. The first-order chi connectivity index (χ1) is 15.8. The summed E-state index contributed by atoms with van der Waals surface area (Å²) < 4.78 is 0. The third-order valence-corrected chi connectivity index (χ3v) is 5.20. The minimum atomic E-state index is -0.894. The van der Waals surface area contributed by atoms with E-state index in [4.69, 9.17) is 34.4 Å². The average Bonchev–Trinajstić information content (AvgIpc) is 2.66. The van der Waals surface area contributed by atoms with Crippen molar-refractivity contribution < 1.29 is 19.8 Å². The molecular weight excluding hydrogens is 444 g/mol. The largest absolute Gasteiger partial charge is 0.481 e. The van der Waals surface area contributed by atoms with Gasteiger partial charge < -0.3 is 25.6 Å². The molecule has 0 aromatic rings. The predicted octanol–water partition coefficient (Wildman–Crippen LogP) is 6.28. The molecule has 3 atom stereocenters. The number of hydrogen-bond donors (Lipinski definition) is 3. The molecule has 200 valence electrons. The summed E-state index contributed by atoms with van der Waals surface area (Å²) in [6, 6.07) is 2.05. The summed E-state index contributed by atoms with van der Waals surface area (Å²) in [7, 11) is 0. The van der Waals surface area contributed by atoms with E-state index in [2.05, 4.69) is 43.5 Å². The highest BCUT2D eigenvalue weighted by Gasteiger charge is 2.34. The number of nitriles is 1. The van der Waals surface area contributed by atoms with Gasteiger partial charge in [0.05, 0.1) is 12.5 Å². The summed E-state index contributed by atoms with van der Waals surface area (Å²) in [4.78, 5) is 27.8. The van der Waals surface area contributed by atoms with Gasteiger partial charge in [-0.3, -0.25) is 9.59 Å². The zero-order valence-corrected chi connectivity index (χ0v) is 23.3. The van der Waals surface area contributed by atoms with Crippen molar-refractivity contribution in [3.8, 4) is 6.07 Å². The number of rotatable bonds is 12. The van der Waals surface area contributed by atoms with Crippen LogP contribution in [-0.2, 0) is 9.59 Å². The number of carboxylic acids is 2. The highest BCUT2D eigenvalue weighted by atomic mass is 16.4. The zero-order chi connectivity index (χ0) is 28.5. The van der Waals surface area contributed by atoms with Gasteiger partial charge in [-0.15, -0.1) is 0 Å². The van der Waals surface area contributed by atoms with Crippen molar-refractivity contribution in [2.75, 3.05) is 6.54 Å². The molecule has 0 unspecified atom stereocenters. The molecule has 0 rings (SSSR count). The van der Waals surface area contributed by atoms with Gasteiger partial charge in [-0.25, -0.2) is 13.1 Å². The molecule has 0 aromatic heterocycles. The van der Waals surface area contributed by atoms with Crippen LogP contribution in [0.3, 0.4) is 0 Å². The number of nitrogens with zero attached hydrogens (tertiary/aromatic N) is 3. The highest BCUT2D eigenvalue weighted by Crippen LogP contribution is 2.28. The first kappa shape index (κ1) is 36.9. The molecule has 0 aliphatic heterocycles. The lowest BCUT2D eigenvalue weighted by atomic mass is 9.79. The Bertz CT molecular complexity index is 761. The standard InChI is InChI=1S/C9H14N2.C9H15NO2.C9H19NO2/c1-8(2)7-9(3,11-4)5-6-10;1-7(2)5-9(3,10-4)6-8(11)12;1-7(2)4-9(3,6-10)5-8(11)12/h8H,5,7H2,1-3H3;7H,5-6H2,1-3H3,(H,11,12);7H,4-6,10H2,1-3H3,(H,11,12)/t3*9-/m100/s1. The van der Waals surface area contributed by atoms with Crippen LogP contribution in [0, 0.1) is 47.6 Å². The van der Waals surface area contributed by atoms with Crippen molar-refractivity contribution in [1.29, 1.82) is 5.26 Å². The lowest BCUT2D eigenvalue weighted by Crippen LogP contribution is -2.31. The Morgan fingerprint density at radius 3 is 1.46 bits per heavy atom. The quantitative estimate of drug-likeness (QED) is 0.274. The summed E-state index contributed by atoms with van der Waals surface area (Å²) in [6.45, 7) is 32.0. The van der Waals surface area contributed by atoms with E-state index < -0.39 is 23.0 Å². The van der Waals surface area contributed by atoms with Crippen molar-refractivity contribution >= 4 is 11.9 Å². The molecule has 4 N–H and O–H groups in total. The number of aliphatic carboxylic acids is 2. The molecule has 0 heterocycles. The van der Waals surface area contributed by atoms with Crippen molar-refractivity contribution in [2.45, 2.75) is 112 Å². The molecule has 0 saturated carbocycles. The van der Waals surface area contributed by atoms with Gasteiger partial charge in [0.25, 0.3) is 0 Å². The maximum Gasteiger partial charge on any atom is 0.311 e. The molecule has 0 bridgehead atoms. The highest BCUT2D eigenvalue weighted by molar-refractivity contribution is 5.68. The Morgan fingerprint density at radius 1 is 0.829 bits per heavy atom. The maximum atomic E-state index is 10.5. The van der Waals surface area contributed by atoms with Crippen LogP contribution < -0.4 is 5.73 Å². The fourth-order valence-corrected chi connectivity index (χ4v) is 4.15. The van der Waals surface area contributed by atoms with Gasteiger partial charge in [0, 0.05) is 26.7 Å². The van der Waals surface area contributed by atoms with E-state index >= 15 is 0 Å². The lowest BCUT2D eigenvalue weighted by molar-refractivity contribution is -0.140. The molecule has 35 heavy (non-hydrogen) atoms. The minimum Gasteiger partial charge on any atom is -0.481 e. The molecule has 0 spiro atoms. The van der Waals surface area contributed by atoms with Crippen LogP contribution in [0.4, 0.5) is 0 Å². The van der Waals surface area contributed by atoms with E-state index in [0.29, 0.717) is 37.1 Å². The Hall–Kier alpha value is -2.63. The molecule has 0 aromatic carbocycles. The van der Waals surface area contributed by atoms with E-state index in [1.165, 1.54) is 0 Å². The van der Waals surface area contributed by atoms with E-state index in [1.807, 2.05) is 27.7 Å². The fourth-order valence-electron chi connectivity index (χ4n) is 4.15. The van der Waals surface area contributed by atoms with Crippen LogP contribution in [0.1, 0.15) is 101 Å². The summed E-state index contributed by atoms with van der Waals surface area (Å²) >= 11 is 0. The molecule has 8 nitrogen and oxygen atoms in total. The normalized spacial score (nSPS) is 15.5. The average molecular weight is 493 g/mol. The van der Waals surface area contributed by atoms with E-state index in [9.17, 15) is 9.59 Å². The van der Waals surface area contributed by atoms with Crippen molar-refractivity contribution in [1.82, 2.24) is 0 Å². The number of nitrogens with two attached hydrogens (primary N) is 1. The van der Waals surface area contributed by atoms with Gasteiger partial charge in [-0.2, -0.15) is 5.26 Å². The number of hydrogen-bond acceptors (Lipinski definition) is 4. The van der Waals surface area contributed by atoms with Crippen molar-refractivity contribution in [2.24, 2.45) is 28.9 Å². The van der Waals surface area contributed by atoms with Crippen molar-refractivity contribution in [3.63, 3.8) is 0 Å². The van der Waals surface area contributed by atoms with Crippen molar-refractivity contribution in [3.05, 3.63) is 22.8 Å². The second-order valence-corrected chi connectivity index (χ2v) is 11.5. The lowest BCUT2D eigenvalue weighted by Gasteiger charge is -2.27. The van der Waals surface area contributed by atoms with Crippen LogP contribution in [0.2, 0.25) is 0 Å². The maximum absolute atomic E-state index is 10.5. The van der Waals surface area contributed by atoms with E-state index in [-0.39, 0.29) is 18.3 Å². The molecule has 0 aliphatic rings. The Morgan fingerprint density at radius 2 is 1.20 bits per heavy atom. The topological polar surface area (TPSA) is 133 Å². The summed E-state index contributed by atoms with van der Waals surface area (Å²) in [6.07, 6.45) is 2.77. The van der Waals surface area contributed by atoms with Gasteiger partial charge in [0.15, 0.2) is 0 Å². The van der Waals surface area contributed by atoms with Crippen LogP contribution in [-0.4, -0.2) is 39.8 Å². The summed E-state index contributed by atoms with van der Waals surface area (Å²) in [5.41, 5.74) is 4.13. The molecule has 0 saturated heterocycles. The molecule has 0 fully saturated rings. The van der Waals surface area contributed by atoms with Gasteiger partial charge in [-0.1, -0.05) is 48.5 Å². The number of carbonyl (C=O) groups is 2.